The minimum absolute atomic E-state index is 0.0354. The van der Waals surface area contributed by atoms with Gasteiger partial charge in [0.25, 0.3) is 0 Å². The molecule has 0 aliphatic carbocycles. The van der Waals surface area contributed by atoms with Gasteiger partial charge in [-0.1, -0.05) is 111 Å². The van der Waals surface area contributed by atoms with Gasteiger partial charge >= 0.3 is 0 Å². The highest BCUT2D eigenvalue weighted by Crippen LogP contribution is 2.51. The van der Waals surface area contributed by atoms with Crippen LogP contribution in [0.2, 0.25) is 0 Å². The standard InChI is InChI=1S/C14H31O5P.C12H27O5P.C10H23O3P.C9H21O3P.C9H21O2P.C8H19O3P.2C8H19O2P.C7H17O2P.C6H15O3P/c1-4-20(15,13-5-7-18-11-9-16-2)14-6-8-19-12-10-17-3;1-2-18(15,11-3-7-16-9-5-13)12-4-8-17-10-6-14;1-4-14(11,5-2)10-6-7-13-9-8-12-3;1-3-13(11,4-2)9-5-7-12-8-6-10;1-4-11-8-7-9-12(10,5-2)6-3;1-2-12(11,7-3-5-9)8-4-6-10;1-4-11(9,5-2)8-6-7-10-3;1-3-7-11(10,4-2)8-5-6-9;1-4-10(8,5-2)7-6-9-3;1-2-10(9,5-3-7)6-4-8/h4-14H2,1-3H3;13-14H,2-12H2,1H3;4-10H2,1-3H3;10H,3-9H2,1-2H3;4-9H2,1-3H3;9-10H,2-8H2,1H3;4-8H2,1-3H3;9H,3-8H2,1-2H3;4-7H2,1-3H3;7-8H,2-6H2,1H3. The molecule has 0 saturated heterocycles. The van der Waals surface area contributed by atoms with Crippen LogP contribution in [0.25, 0.3) is 0 Å². The number of rotatable bonds is 81. The molecule has 0 amide bonds. The van der Waals surface area contributed by atoms with Crippen molar-refractivity contribution >= 4 is 71.4 Å². The predicted octanol–water partition coefficient (Wildman–Crippen LogP) is 18.8. The Bertz CT molecular complexity index is 2700. The van der Waals surface area contributed by atoms with Gasteiger partial charge < -0.3 is 143 Å². The van der Waals surface area contributed by atoms with Crippen LogP contribution in [0.15, 0.2) is 0 Å². The Hall–Kier alpha value is 1.50. The number of methoxy groups -OCH3 is 5. The van der Waals surface area contributed by atoms with Crippen molar-refractivity contribution in [2.24, 2.45) is 0 Å². The Morgan fingerprint density at radius 2 is 0.328 bits per heavy atom. The van der Waals surface area contributed by atoms with E-state index in [1.165, 1.54) is 0 Å². The second-order valence-electron chi connectivity index (χ2n) is 31.7. The van der Waals surface area contributed by atoms with E-state index in [1.54, 1.807) is 35.5 Å². The quantitative estimate of drug-likeness (QED) is 0.0207. The predicted molar refractivity (Wildman–Crippen MR) is 566 cm³/mol. The maximum atomic E-state index is 12.6. The molecule has 0 heterocycles. The van der Waals surface area contributed by atoms with Gasteiger partial charge in [-0.2, -0.15) is 0 Å². The van der Waals surface area contributed by atoms with Gasteiger partial charge in [-0.15, -0.1) is 0 Å². The second-order valence-corrected chi connectivity index (χ2v) is 69.0. The van der Waals surface area contributed by atoms with Crippen LogP contribution >= 0.6 is 71.4 Å². The van der Waals surface area contributed by atoms with Crippen LogP contribution in [0, 0.1) is 0 Å². The summed E-state index contributed by atoms with van der Waals surface area (Å²) in [5.74, 6) is 0. The minimum Gasteiger partial charge on any atom is -0.396 e. The number of aliphatic hydroxyl groups is 8. The van der Waals surface area contributed by atoms with E-state index in [9.17, 15) is 45.7 Å². The summed E-state index contributed by atoms with van der Waals surface area (Å²) < 4.78 is 180. The molecule has 0 aromatic carbocycles. The van der Waals surface area contributed by atoms with E-state index in [0.29, 0.717) is 180 Å². The molecule has 0 fully saturated rings. The highest BCUT2D eigenvalue weighted by Gasteiger charge is 2.24. The molecule has 0 aromatic heterocycles. The van der Waals surface area contributed by atoms with Crippen LogP contribution in [0.3, 0.4) is 0 Å². The zero-order valence-electron chi connectivity index (χ0n) is 87.8. The van der Waals surface area contributed by atoms with E-state index in [1.807, 2.05) is 111 Å². The van der Waals surface area contributed by atoms with E-state index in [0.717, 1.165) is 207 Å². The Balaban J connectivity index is -0.000000157. The van der Waals surface area contributed by atoms with Crippen LogP contribution < -0.4 is 0 Å². The monoisotopic (exact) mass is 2100 g/mol. The summed E-state index contributed by atoms with van der Waals surface area (Å²) in [5, 5.41) is 68.3. The highest BCUT2D eigenvalue weighted by molar-refractivity contribution is 7.66. The van der Waals surface area contributed by atoms with Crippen LogP contribution in [0.4, 0.5) is 0 Å². The van der Waals surface area contributed by atoms with Crippen molar-refractivity contribution in [2.75, 3.05) is 399 Å². The fourth-order valence-electron chi connectivity index (χ4n) is 12.0. The summed E-state index contributed by atoms with van der Waals surface area (Å²) in [5.41, 5.74) is 0. The molecule has 0 saturated carbocycles. The fourth-order valence-corrected chi connectivity index (χ4v) is 31.5. The largest absolute Gasteiger partial charge is 0.396 e. The molecule has 0 radical (unpaired) electrons. The Morgan fingerprint density at radius 1 is 0.153 bits per heavy atom. The number of hydrogen-bond acceptors (Lipinski definition) is 30. The van der Waals surface area contributed by atoms with Gasteiger partial charge in [-0.3, -0.25) is 0 Å². The van der Waals surface area contributed by atoms with E-state index in [2.05, 4.69) is 6.92 Å². The lowest BCUT2D eigenvalue weighted by Gasteiger charge is -2.16. The summed E-state index contributed by atoms with van der Waals surface area (Å²) in [7, 11) is -11.1. The molecular weight excluding hydrogens is 1880 g/mol. The third-order valence-corrected chi connectivity index (χ3v) is 56.3. The molecule has 1 unspecified atom stereocenters. The molecule has 806 valence electrons. The van der Waals surface area contributed by atoms with E-state index >= 15 is 0 Å². The molecule has 0 aliphatic heterocycles. The summed E-state index contributed by atoms with van der Waals surface area (Å²) in [4.78, 5) is 0. The first-order chi connectivity index (χ1) is 62.3. The van der Waals surface area contributed by atoms with Crippen molar-refractivity contribution in [1.29, 1.82) is 0 Å². The maximum Gasteiger partial charge on any atom is 0.0919 e. The van der Waals surface area contributed by atoms with Crippen LogP contribution in [0.1, 0.15) is 195 Å². The Kier molecular flexibility index (Phi) is 129. The molecule has 30 nitrogen and oxygen atoms in total. The molecule has 0 spiro atoms. The average molecular weight is 2100 g/mol. The molecule has 0 rings (SSSR count). The van der Waals surface area contributed by atoms with E-state index < -0.39 is 71.4 Å². The maximum absolute atomic E-state index is 12.6. The molecular formula is C91H212O30P10. The van der Waals surface area contributed by atoms with Crippen molar-refractivity contribution in [3.05, 3.63) is 0 Å². The molecule has 0 aliphatic rings. The lowest BCUT2D eigenvalue weighted by molar-refractivity contribution is 0.0706. The van der Waals surface area contributed by atoms with Gasteiger partial charge in [0.2, 0.25) is 0 Å². The summed E-state index contributed by atoms with van der Waals surface area (Å²) in [6.07, 6.45) is 32.2. The van der Waals surface area contributed by atoms with Gasteiger partial charge in [-0.05, 0) is 176 Å². The summed E-state index contributed by atoms with van der Waals surface area (Å²) in [6.45, 7) is 45.7. The summed E-state index contributed by atoms with van der Waals surface area (Å²) in [6, 6.07) is 0. The fraction of sp³-hybridized carbons (Fsp3) is 1.00. The first kappa shape index (κ1) is 153. The van der Waals surface area contributed by atoms with E-state index in [-0.39, 0.29) is 52.9 Å². The van der Waals surface area contributed by atoms with Crippen molar-refractivity contribution in [1.82, 2.24) is 0 Å². The van der Waals surface area contributed by atoms with Gasteiger partial charge in [-0.25, -0.2) is 0 Å². The zero-order chi connectivity index (χ0) is 102. The topological polar surface area (TPSA) is 443 Å². The van der Waals surface area contributed by atoms with Crippen molar-refractivity contribution < 1.29 is 143 Å². The van der Waals surface area contributed by atoms with Crippen molar-refractivity contribution in [3.63, 3.8) is 0 Å². The van der Waals surface area contributed by atoms with Crippen LogP contribution in [-0.4, -0.2) is 440 Å². The lowest BCUT2D eigenvalue weighted by Crippen LogP contribution is -2.08. The average Bonchev–Trinajstić information content (AvgIpc) is 0.905. The highest BCUT2D eigenvalue weighted by atomic mass is 31.2. The SMILES string of the molecule is CCCP(=O)(CC)CCCO.CCOCCCP(=O)(CC)CC.CCP(=O)(CC)CCCOC.CCP(=O)(CC)CCCOCCO.CCP(=O)(CC)CCCOCCOC.CCP(=O)(CC)CCOC.CCP(=O)(CCCO)CCCO.CCP(=O)(CCCOCCO)CCCOCCO.CCP(=O)(CCCOCCOC)CCCOCCOC.CCP(=O)(CCO)CCO. The molecule has 131 heavy (non-hydrogen) atoms. The molecule has 40 heteroatoms. The van der Waals surface area contributed by atoms with Crippen LogP contribution in [-0.2, 0) is 102 Å². The molecule has 0 aromatic rings. The van der Waals surface area contributed by atoms with Gasteiger partial charge in [0, 0.05) is 220 Å². The summed E-state index contributed by atoms with van der Waals surface area (Å²) >= 11 is 0. The van der Waals surface area contributed by atoms with Crippen molar-refractivity contribution in [2.45, 2.75) is 195 Å². The van der Waals surface area contributed by atoms with Crippen molar-refractivity contribution in [3.8, 4) is 0 Å². The third-order valence-electron chi connectivity index (χ3n) is 22.3. The Labute approximate surface area is 803 Å². The van der Waals surface area contributed by atoms with Gasteiger partial charge in [0.1, 0.15) is 0 Å². The second kappa shape index (κ2) is 110. The van der Waals surface area contributed by atoms with Gasteiger partial charge in [0.15, 0.2) is 0 Å². The number of aliphatic hydroxyl groups excluding tert-OH is 8. The third kappa shape index (κ3) is 109. The first-order valence-electron chi connectivity index (χ1n) is 49.4. The minimum atomic E-state index is -2.20. The van der Waals surface area contributed by atoms with E-state index in [4.69, 9.17) is 97.7 Å². The smallest absolute Gasteiger partial charge is 0.0919 e. The number of hydrogen-bond donors (Lipinski definition) is 8. The first-order valence-corrected chi connectivity index (χ1v) is 72.0. The molecule has 8 N–H and O–H groups in total. The van der Waals surface area contributed by atoms with Gasteiger partial charge in [0.05, 0.1) is 157 Å². The normalized spacial score (nSPS) is 12.3. The molecule has 1 atom stereocenters. The Morgan fingerprint density at radius 3 is 0.511 bits per heavy atom. The molecule has 0 bridgehead atoms. The zero-order valence-corrected chi connectivity index (χ0v) is 96.8. The lowest BCUT2D eigenvalue weighted by atomic mass is 10.5. The van der Waals surface area contributed by atoms with Crippen LogP contribution in [0.5, 0.6) is 0 Å². The number of ether oxygens (including phenoxy) is 12.